The van der Waals surface area contributed by atoms with Gasteiger partial charge < -0.3 is 25.0 Å². The van der Waals surface area contributed by atoms with Crippen LogP contribution in [0.15, 0.2) is 24.3 Å². The first-order valence-corrected chi connectivity index (χ1v) is 12.2. The summed E-state index contributed by atoms with van der Waals surface area (Å²) in [6.45, 7) is 3.49. The van der Waals surface area contributed by atoms with E-state index in [2.05, 4.69) is 23.5 Å². The van der Waals surface area contributed by atoms with Crippen molar-refractivity contribution in [1.29, 1.82) is 0 Å². The van der Waals surface area contributed by atoms with Crippen LogP contribution in [0, 0.1) is 6.92 Å². The van der Waals surface area contributed by atoms with Crippen molar-refractivity contribution in [3.05, 3.63) is 46.5 Å². The van der Waals surface area contributed by atoms with Crippen molar-refractivity contribution in [1.82, 2.24) is 0 Å². The predicted molar refractivity (Wildman–Crippen MR) is 127 cm³/mol. The third-order valence-electron chi connectivity index (χ3n) is 6.87. The van der Waals surface area contributed by atoms with Gasteiger partial charge in [-0.15, -0.1) is 0 Å². The summed E-state index contributed by atoms with van der Waals surface area (Å²) in [5, 5.41) is 22.9. The second-order valence-electron chi connectivity index (χ2n) is 9.53. The summed E-state index contributed by atoms with van der Waals surface area (Å²) in [4.78, 5) is 12.5. The fourth-order valence-corrected chi connectivity index (χ4v) is 4.84. The molecule has 3 N–H and O–H groups in total. The van der Waals surface area contributed by atoms with Gasteiger partial charge in [0.15, 0.2) is 6.10 Å². The molecule has 2 aromatic carbocycles. The highest BCUT2D eigenvalue weighted by Gasteiger charge is 2.37. The molecule has 0 spiro atoms. The minimum Gasteiger partial charge on any atom is -0.493 e. The van der Waals surface area contributed by atoms with E-state index in [9.17, 15) is 15.0 Å². The highest BCUT2D eigenvalue weighted by Crippen LogP contribution is 2.50. The lowest BCUT2D eigenvalue weighted by molar-refractivity contribution is -0.151. The number of ether oxygens (including phenoxy) is 2. The van der Waals surface area contributed by atoms with E-state index in [1.165, 1.54) is 11.1 Å². The molecule has 2 saturated carbocycles. The summed E-state index contributed by atoms with van der Waals surface area (Å²) in [6.07, 6.45) is 5.67. The van der Waals surface area contributed by atoms with Crippen molar-refractivity contribution in [2.75, 3.05) is 25.1 Å². The highest BCUT2D eigenvalue weighted by molar-refractivity contribution is 5.86. The van der Waals surface area contributed by atoms with E-state index >= 15 is 0 Å². The Bertz CT molecular complexity index is 1040. The molecule has 33 heavy (non-hydrogen) atoms. The normalized spacial score (nSPS) is 18.4. The molecule has 0 bridgehead atoms. The van der Waals surface area contributed by atoms with Crippen LogP contribution in [0.3, 0.4) is 0 Å². The lowest BCUT2D eigenvalue weighted by Gasteiger charge is -2.26. The highest BCUT2D eigenvalue weighted by atomic mass is 16.5. The number of carboxylic acid groups (broad SMARTS) is 1. The summed E-state index contributed by atoms with van der Waals surface area (Å²) in [5.74, 6) is 0.421. The van der Waals surface area contributed by atoms with Gasteiger partial charge in [0.25, 0.3) is 0 Å². The molecular weight excluding hydrogens is 418 g/mol. The number of nitrogens with one attached hydrogen (secondary N) is 1. The van der Waals surface area contributed by atoms with E-state index in [1.54, 1.807) is 0 Å². The van der Waals surface area contributed by atoms with E-state index in [4.69, 9.17) is 9.47 Å². The van der Waals surface area contributed by atoms with Crippen LogP contribution in [0.2, 0.25) is 0 Å². The van der Waals surface area contributed by atoms with E-state index < -0.39 is 12.1 Å². The molecule has 1 unspecified atom stereocenters. The van der Waals surface area contributed by atoms with E-state index in [1.807, 2.05) is 13.0 Å². The van der Waals surface area contributed by atoms with Crippen LogP contribution in [-0.4, -0.2) is 42.0 Å². The molecule has 1 atom stereocenters. The molecule has 2 aromatic rings. The average Bonchev–Trinajstić information content (AvgIpc) is 3.73. The molecule has 0 saturated heterocycles. The molecule has 3 aliphatic rings. The summed E-state index contributed by atoms with van der Waals surface area (Å²) in [7, 11) is 0. The van der Waals surface area contributed by atoms with Crippen LogP contribution in [0.5, 0.6) is 5.75 Å². The first-order valence-electron chi connectivity index (χ1n) is 12.2. The number of aliphatic carboxylic acids is 1. The Morgan fingerprint density at radius 3 is 2.76 bits per heavy atom. The lowest BCUT2D eigenvalue weighted by atomic mass is 9.84. The number of rotatable bonds is 10. The van der Waals surface area contributed by atoms with E-state index in [-0.39, 0.29) is 12.7 Å². The van der Waals surface area contributed by atoms with Crippen molar-refractivity contribution in [2.45, 2.75) is 70.0 Å². The number of aryl methyl sites for hydroxylation is 1. The Balaban J connectivity index is 1.68. The maximum Gasteiger partial charge on any atom is 0.337 e. The standard InChI is InChI=1S/C27H33NO5/c1-16-22(28-11-3-12-29)15-21(17-5-6-17)25(24(16)26(27(30)31)33-20-8-9-20)19-7-10-23-18(14-19)4-2-13-32-23/h7,10,14-15,17,20,26,28-29H,2-6,8-9,11-13H2,1H3,(H,30,31). The van der Waals surface area contributed by atoms with Crippen LogP contribution in [0.25, 0.3) is 11.1 Å². The fraction of sp³-hybridized carbons (Fsp3) is 0.519. The summed E-state index contributed by atoms with van der Waals surface area (Å²) in [6, 6.07) is 8.50. The fourth-order valence-electron chi connectivity index (χ4n) is 4.84. The average molecular weight is 452 g/mol. The van der Waals surface area contributed by atoms with Crippen molar-refractivity contribution < 1.29 is 24.5 Å². The number of fused-ring (bicyclic) bond motifs is 1. The van der Waals surface area contributed by atoms with Crippen LogP contribution < -0.4 is 10.1 Å². The van der Waals surface area contributed by atoms with Crippen LogP contribution in [0.1, 0.15) is 72.8 Å². The molecule has 0 radical (unpaired) electrons. The first-order chi connectivity index (χ1) is 16.1. The Kier molecular flexibility index (Phi) is 6.30. The molecule has 5 rings (SSSR count). The Morgan fingerprint density at radius 1 is 1.24 bits per heavy atom. The number of carboxylic acids is 1. The van der Waals surface area contributed by atoms with Gasteiger partial charge in [0.2, 0.25) is 0 Å². The second kappa shape index (κ2) is 9.35. The van der Waals surface area contributed by atoms with Crippen molar-refractivity contribution in [2.24, 2.45) is 0 Å². The Hall–Kier alpha value is -2.57. The topological polar surface area (TPSA) is 88.0 Å². The summed E-state index contributed by atoms with van der Waals surface area (Å²) < 4.78 is 11.9. The third-order valence-corrected chi connectivity index (χ3v) is 6.87. The van der Waals surface area contributed by atoms with Gasteiger partial charge in [-0.1, -0.05) is 6.07 Å². The van der Waals surface area contributed by atoms with E-state index in [0.29, 0.717) is 18.9 Å². The quantitative estimate of drug-likeness (QED) is 0.443. The zero-order valence-electron chi connectivity index (χ0n) is 19.2. The van der Waals surface area contributed by atoms with Gasteiger partial charge in [0, 0.05) is 24.4 Å². The van der Waals surface area contributed by atoms with Crippen LogP contribution in [0.4, 0.5) is 5.69 Å². The van der Waals surface area contributed by atoms with Crippen molar-refractivity contribution in [3.63, 3.8) is 0 Å². The van der Waals surface area contributed by atoms with Gasteiger partial charge in [0.05, 0.1) is 12.7 Å². The minimum absolute atomic E-state index is 0.0191. The maximum absolute atomic E-state index is 12.5. The number of hydrogen-bond donors (Lipinski definition) is 3. The largest absolute Gasteiger partial charge is 0.493 e. The van der Waals surface area contributed by atoms with Gasteiger partial charge in [-0.05, 0) is 104 Å². The van der Waals surface area contributed by atoms with Crippen molar-refractivity contribution >= 4 is 11.7 Å². The van der Waals surface area contributed by atoms with Gasteiger partial charge in [-0.2, -0.15) is 0 Å². The molecule has 6 nitrogen and oxygen atoms in total. The van der Waals surface area contributed by atoms with E-state index in [0.717, 1.165) is 78.8 Å². The number of carbonyl (C=O) groups is 1. The zero-order valence-corrected chi connectivity index (χ0v) is 19.2. The number of hydrogen-bond acceptors (Lipinski definition) is 5. The van der Waals surface area contributed by atoms with Gasteiger partial charge in [0.1, 0.15) is 5.75 Å². The summed E-state index contributed by atoms with van der Waals surface area (Å²) >= 11 is 0. The molecule has 0 aromatic heterocycles. The Morgan fingerprint density at radius 2 is 2.06 bits per heavy atom. The molecule has 2 fully saturated rings. The lowest BCUT2D eigenvalue weighted by Crippen LogP contribution is -2.20. The summed E-state index contributed by atoms with van der Waals surface area (Å²) in [5.41, 5.74) is 7.07. The molecule has 176 valence electrons. The van der Waals surface area contributed by atoms with Crippen LogP contribution >= 0.6 is 0 Å². The van der Waals surface area contributed by atoms with Gasteiger partial charge in [-0.25, -0.2) is 4.79 Å². The predicted octanol–water partition coefficient (Wildman–Crippen LogP) is 4.96. The number of anilines is 1. The Labute approximate surface area is 194 Å². The van der Waals surface area contributed by atoms with Gasteiger partial charge in [-0.3, -0.25) is 0 Å². The third kappa shape index (κ3) is 4.73. The number of benzene rings is 2. The molecule has 1 aliphatic heterocycles. The first kappa shape index (κ1) is 22.2. The monoisotopic (exact) mass is 451 g/mol. The number of aliphatic hydroxyl groups is 1. The van der Waals surface area contributed by atoms with Gasteiger partial charge >= 0.3 is 5.97 Å². The molecular formula is C27H33NO5. The second-order valence-corrected chi connectivity index (χ2v) is 9.53. The number of aliphatic hydroxyl groups excluding tert-OH is 1. The maximum atomic E-state index is 12.5. The molecule has 1 heterocycles. The SMILES string of the molecule is Cc1c(NCCCO)cc(C2CC2)c(-c2ccc3c(c2)CCCO3)c1C(OC1CC1)C(=O)O. The smallest absolute Gasteiger partial charge is 0.337 e. The zero-order chi connectivity index (χ0) is 22.9. The minimum atomic E-state index is -1.00. The van der Waals surface area contributed by atoms with Crippen molar-refractivity contribution in [3.8, 4) is 16.9 Å². The molecule has 2 aliphatic carbocycles. The molecule has 0 amide bonds. The molecule has 6 heteroatoms. The van der Waals surface area contributed by atoms with Crippen LogP contribution in [-0.2, 0) is 16.0 Å².